The summed E-state index contributed by atoms with van der Waals surface area (Å²) in [5, 5.41) is 0. The van der Waals surface area contributed by atoms with Crippen molar-refractivity contribution in [2.24, 2.45) is 11.1 Å². The quantitative estimate of drug-likeness (QED) is 0.824. The van der Waals surface area contributed by atoms with E-state index in [1.807, 2.05) is 0 Å². The molecule has 0 aliphatic heterocycles. The van der Waals surface area contributed by atoms with Crippen molar-refractivity contribution in [3.8, 4) is 0 Å². The van der Waals surface area contributed by atoms with Crippen LogP contribution >= 0.6 is 15.9 Å². The molecule has 108 valence electrons. The highest BCUT2D eigenvalue weighted by Gasteiger charge is 2.36. The van der Waals surface area contributed by atoms with Crippen LogP contribution in [0.5, 0.6) is 0 Å². The zero-order chi connectivity index (χ0) is 14.1. The van der Waals surface area contributed by atoms with Gasteiger partial charge in [0.25, 0.3) is 0 Å². The highest BCUT2D eigenvalue weighted by Crippen LogP contribution is 2.43. The normalized spacial score (nSPS) is 18.3. The van der Waals surface area contributed by atoms with E-state index in [1.54, 1.807) is 0 Å². The molecule has 0 atom stereocenters. The molecule has 5 nitrogen and oxygen atoms in total. The molecule has 0 saturated heterocycles. The number of sulfonamides is 1. The maximum Gasteiger partial charge on any atom is 0.244 e. The first-order valence-electron chi connectivity index (χ1n) is 6.40. The second-order valence-electron chi connectivity index (χ2n) is 5.09. The first kappa shape index (κ1) is 15.0. The molecule has 0 bridgehead atoms. The molecule has 3 N–H and O–H groups in total. The minimum atomic E-state index is -3.55. The van der Waals surface area contributed by atoms with E-state index in [0.29, 0.717) is 12.3 Å². The summed E-state index contributed by atoms with van der Waals surface area (Å²) in [4.78, 5) is 0.124. The molecular formula is C12H19BrN2O3S. The lowest BCUT2D eigenvalue weighted by atomic mass is 9.67. The zero-order valence-corrected chi connectivity index (χ0v) is 13.3. The van der Waals surface area contributed by atoms with Crippen molar-refractivity contribution in [3.05, 3.63) is 16.5 Å². The first-order chi connectivity index (χ1) is 8.92. The monoisotopic (exact) mass is 350 g/mol. The van der Waals surface area contributed by atoms with Gasteiger partial charge in [-0.05, 0) is 40.6 Å². The Morgan fingerprint density at radius 3 is 2.63 bits per heavy atom. The van der Waals surface area contributed by atoms with Crippen molar-refractivity contribution in [3.63, 3.8) is 0 Å². The average molecular weight is 351 g/mol. The molecule has 1 aromatic heterocycles. The van der Waals surface area contributed by atoms with E-state index >= 15 is 0 Å². The Morgan fingerprint density at radius 2 is 2.21 bits per heavy atom. The Balaban J connectivity index is 2.11. The highest BCUT2D eigenvalue weighted by molar-refractivity contribution is 9.10. The fourth-order valence-corrected chi connectivity index (χ4v) is 4.49. The molecule has 2 rings (SSSR count). The van der Waals surface area contributed by atoms with Gasteiger partial charge in [-0.1, -0.05) is 13.3 Å². The molecule has 19 heavy (non-hydrogen) atoms. The topological polar surface area (TPSA) is 85.3 Å². The van der Waals surface area contributed by atoms with Gasteiger partial charge in [0.2, 0.25) is 10.0 Å². The Morgan fingerprint density at radius 1 is 1.53 bits per heavy atom. The summed E-state index contributed by atoms with van der Waals surface area (Å²) in [5.74, 6) is 0.445. The lowest BCUT2D eigenvalue weighted by Crippen LogP contribution is -2.41. The summed E-state index contributed by atoms with van der Waals surface area (Å²) in [6, 6.07) is 1.46. The molecule has 7 heteroatoms. The SMILES string of the molecule is CCC1(CNS(=O)(=O)c2cc(CN)oc2Br)CCC1. The minimum Gasteiger partial charge on any atom is -0.452 e. The Hall–Kier alpha value is -0.370. The predicted molar refractivity (Wildman–Crippen MR) is 76.1 cm³/mol. The fourth-order valence-electron chi connectivity index (χ4n) is 2.34. The largest absolute Gasteiger partial charge is 0.452 e. The van der Waals surface area contributed by atoms with E-state index in [9.17, 15) is 8.42 Å². The molecule has 0 spiro atoms. The van der Waals surface area contributed by atoms with Crippen molar-refractivity contribution in [1.82, 2.24) is 4.72 Å². The molecule has 0 amide bonds. The van der Waals surface area contributed by atoms with Crippen LogP contribution in [-0.2, 0) is 16.6 Å². The summed E-state index contributed by atoms with van der Waals surface area (Å²) in [7, 11) is -3.55. The van der Waals surface area contributed by atoms with Crippen molar-refractivity contribution >= 4 is 26.0 Å². The van der Waals surface area contributed by atoms with E-state index in [-0.39, 0.29) is 21.5 Å². The van der Waals surface area contributed by atoms with Gasteiger partial charge in [-0.15, -0.1) is 0 Å². The lowest BCUT2D eigenvalue weighted by Gasteiger charge is -2.41. The maximum atomic E-state index is 12.2. The lowest BCUT2D eigenvalue weighted by molar-refractivity contribution is 0.133. The van der Waals surface area contributed by atoms with E-state index in [2.05, 4.69) is 27.6 Å². The molecule has 1 heterocycles. The summed E-state index contributed by atoms with van der Waals surface area (Å²) >= 11 is 3.12. The number of nitrogens with one attached hydrogen (secondary N) is 1. The van der Waals surface area contributed by atoms with Crippen LogP contribution in [0.3, 0.4) is 0 Å². The van der Waals surface area contributed by atoms with Gasteiger partial charge < -0.3 is 10.2 Å². The van der Waals surface area contributed by atoms with Crippen molar-refractivity contribution < 1.29 is 12.8 Å². The fraction of sp³-hybridized carbons (Fsp3) is 0.667. The van der Waals surface area contributed by atoms with E-state index in [0.717, 1.165) is 19.3 Å². The Labute approximate surface area is 122 Å². The van der Waals surface area contributed by atoms with Crippen LogP contribution in [0.4, 0.5) is 0 Å². The molecule has 1 aromatic rings. The van der Waals surface area contributed by atoms with E-state index < -0.39 is 10.0 Å². The van der Waals surface area contributed by atoms with Gasteiger partial charge >= 0.3 is 0 Å². The molecule has 1 aliphatic rings. The predicted octanol–water partition coefficient (Wildman–Crippen LogP) is 2.36. The summed E-state index contributed by atoms with van der Waals surface area (Å²) in [6.07, 6.45) is 4.36. The number of halogens is 1. The highest BCUT2D eigenvalue weighted by atomic mass is 79.9. The van der Waals surface area contributed by atoms with E-state index in [1.165, 1.54) is 12.5 Å². The second-order valence-corrected chi connectivity index (χ2v) is 7.54. The average Bonchev–Trinajstić information content (AvgIpc) is 2.70. The van der Waals surface area contributed by atoms with Gasteiger partial charge in [0.1, 0.15) is 10.7 Å². The number of hydrogen-bond acceptors (Lipinski definition) is 4. The number of nitrogens with two attached hydrogens (primary N) is 1. The van der Waals surface area contributed by atoms with Gasteiger partial charge in [0, 0.05) is 12.6 Å². The van der Waals surface area contributed by atoms with Crippen LogP contribution in [-0.4, -0.2) is 15.0 Å². The van der Waals surface area contributed by atoms with Gasteiger partial charge in [-0.25, -0.2) is 13.1 Å². The van der Waals surface area contributed by atoms with Crippen LogP contribution in [0.15, 0.2) is 20.0 Å². The van der Waals surface area contributed by atoms with Crippen LogP contribution in [0.25, 0.3) is 0 Å². The standard InChI is InChI=1S/C12H19BrN2O3S/c1-2-12(4-3-5-12)8-15-19(16,17)10-6-9(7-14)18-11(10)13/h6,15H,2-5,7-8,14H2,1H3. The summed E-state index contributed by atoms with van der Waals surface area (Å²) in [5.41, 5.74) is 5.58. The van der Waals surface area contributed by atoms with Gasteiger partial charge in [0.15, 0.2) is 4.67 Å². The van der Waals surface area contributed by atoms with Crippen molar-refractivity contribution in [2.75, 3.05) is 6.54 Å². The summed E-state index contributed by atoms with van der Waals surface area (Å²) < 4.78 is 32.6. The smallest absolute Gasteiger partial charge is 0.244 e. The molecule has 1 aliphatic carbocycles. The molecule has 0 radical (unpaired) electrons. The molecule has 1 saturated carbocycles. The third kappa shape index (κ3) is 3.04. The molecular weight excluding hydrogens is 332 g/mol. The maximum absolute atomic E-state index is 12.2. The second kappa shape index (κ2) is 5.55. The Bertz CT molecular complexity index is 544. The molecule has 1 fully saturated rings. The van der Waals surface area contributed by atoms with Crippen molar-refractivity contribution in [1.29, 1.82) is 0 Å². The van der Waals surface area contributed by atoms with Crippen LogP contribution < -0.4 is 10.5 Å². The Kier molecular flexibility index (Phi) is 4.39. The van der Waals surface area contributed by atoms with E-state index in [4.69, 9.17) is 10.2 Å². The number of hydrogen-bond donors (Lipinski definition) is 2. The number of rotatable bonds is 6. The number of furan rings is 1. The minimum absolute atomic E-state index is 0.124. The van der Waals surface area contributed by atoms with Gasteiger partial charge in [0.05, 0.1) is 6.54 Å². The van der Waals surface area contributed by atoms with Crippen LogP contribution in [0, 0.1) is 5.41 Å². The summed E-state index contributed by atoms with van der Waals surface area (Å²) in [6.45, 7) is 2.77. The van der Waals surface area contributed by atoms with Crippen LogP contribution in [0.1, 0.15) is 38.4 Å². The third-order valence-electron chi connectivity index (χ3n) is 4.00. The molecule has 0 aromatic carbocycles. The zero-order valence-electron chi connectivity index (χ0n) is 10.9. The van der Waals surface area contributed by atoms with Gasteiger partial charge in [-0.2, -0.15) is 0 Å². The first-order valence-corrected chi connectivity index (χ1v) is 8.68. The van der Waals surface area contributed by atoms with Gasteiger partial charge in [-0.3, -0.25) is 0 Å². The molecule has 0 unspecified atom stereocenters. The van der Waals surface area contributed by atoms with Crippen molar-refractivity contribution in [2.45, 2.75) is 44.0 Å². The van der Waals surface area contributed by atoms with Crippen LogP contribution in [0.2, 0.25) is 0 Å². The third-order valence-corrected chi connectivity index (χ3v) is 6.26.